The standard InChI is InChI=1S/C15H14FNOS/c1-19-14-9-5-2-6-11(14)10-17-15(18)12-7-3-4-8-13(12)16/h2-9H,10H2,1H3,(H,17,18). The Balaban J connectivity index is 2.07. The lowest BCUT2D eigenvalue weighted by Gasteiger charge is -2.09. The zero-order chi connectivity index (χ0) is 13.7. The molecule has 0 saturated heterocycles. The molecule has 98 valence electrons. The Hall–Kier alpha value is -1.81. The predicted octanol–water partition coefficient (Wildman–Crippen LogP) is 3.48. The molecule has 0 aliphatic rings. The molecule has 0 saturated carbocycles. The number of hydrogen-bond acceptors (Lipinski definition) is 2. The Morgan fingerprint density at radius 2 is 1.84 bits per heavy atom. The summed E-state index contributed by atoms with van der Waals surface area (Å²) in [6.45, 7) is 0.393. The van der Waals surface area contributed by atoms with Gasteiger partial charge in [-0.15, -0.1) is 11.8 Å². The van der Waals surface area contributed by atoms with Gasteiger partial charge in [-0.25, -0.2) is 4.39 Å². The third-order valence-corrected chi connectivity index (χ3v) is 3.59. The number of benzene rings is 2. The highest BCUT2D eigenvalue weighted by molar-refractivity contribution is 7.98. The normalized spacial score (nSPS) is 10.2. The van der Waals surface area contributed by atoms with Crippen LogP contribution in [0.1, 0.15) is 15.9 Å². The Labute approximate surface area is 116 Å². The molecule has 1 amide bonds. The van der Waals surface area contributed by atoms with Crippen molar-refractivity contribution in [3.05, 3.63) is 65.5 Å². The van der Waals surface area contributed by atoms with E-state index < -0.39 is 11.7 Å². The van der Waals surface area contributed by atoms with Gasteiger partial charge in [0.15, 0.2) is 0 Å². The van der Waals surface area contributed by atoms with Gasteiger partial charge in [-0.2, -0.15) is 0 Å². The number of rotatable bonds is 4. The topological polar surface area (TPSA) is 29.1 Å². The van der Waals surface area contributed by atoms with Crippen LogP contribution in [0.4, 0.5) is 4.39 Å². The molecule has 1 N–H and O–H groups in total. The van der Waals surface area contributed by atoms with E-state index in [0.29, 0.717) is 6.54 Å². The van der Waals surface area contributed by atoms with Gasteiger partial charge in [0.25, 0.3) is 5.91 Å². The minimum atomic E-state index is -0.502. The molecule has 0 heterocycles. The van der Waals surface area contributed by atoms with Crippen LogP contribution in [0.25, 0.3) is 0 Å². The molecular weight excluding hydrogens is 261 g/mol. The first-order chi connectivity index (χ1) is 9.22. The molecule has 0 spiro atoms. The summed E-state index contributed by atoms with van der Waals surface area (Å²) in [5, 5.41) is 2.74. The Bertz CT molecular complexity index is 586. The summed E-state index contributed by atoms with van der Waals surface area (Å²) in [6.07, 6.45) is 1.98. The van der Waals surface area contributed by atoms with Crippen molar-refractivity contribution in [3.63, 3.8) is 0 Å². The minimum Gasteiger partial charge on any atom is -0.348 e. The van der Waals surface area contributed by atoms with Crippen molar-refractivity contribution in [1.29, 1.82) is 0 Å². The summed E-state index contributed by atoms with van der Waals surface area (Å²) < 4.78 is 13.4. The van der Waals surface area contributed by atoms with E-state index in [-0.39, 0.29) is 5.56 Å². The second kappa shape index (κ2) is 6.38. The van der Waals surface area contributed by atoms with Crippen LogP contribution in [0.5, 0.6) is 0 Å². The van der Waals surface area contributed by atoms with E-state index in [1.807, 2.05) is 30.5 Å². The molecule has 2 aromatic rings. The van der Waals surface area contributed by atoms with Crippen molar-refractivity contribution in [2.24, 2.45) is 0 Å². The minimum absolute atomic E-state index is 0.0733. The number of amides is 1. The molecule has 0 bridgehead atoms. The predicted molar refractivity (Wildman–Crippen MR) is 75.8 cm³/mol. The van der Waals surface area contributed by atoms with E-state index in [2.05, 4.69) is 5.32 Å². The molecule has 0 aliphatic heterocycles. The fourth-order valence-corrected chi connectivity index (χ4v) is 2.38. The maximum absolute atomic E-state index is 13.4. The molecule has 0 atom stereocenters. The van der Waals surface area contributed by atoms with E-state index in [4.69, 9.17) is 0 Å². The SMILES string of the molecule is CSc1ccccc1CNC(=O)c1ccccc1F. The van der Waals surface area contributed by atoms with Gasteiger partial charge in [0, 0.05) is 11.4 Å². The second-order valence-electron chi connectivity index (χ2n) is 3.97. The largest absolute Gasteiger partial charge is 0.348 e. The van der Waals surface area contributed by atoms with Crippen molar-refractivity contribution >= 4 is 17.7 Å². The first-order valence-electron chi connectivity index (χ1n) is 5.87. The van der Waals surface area contributed by atoms with Crippen LogP contribution in [0.15, 0.2) is 53.4 Å². The lowest BCUT2D eigenvalue weighted by Crippen LogP contribution is -2.24. The zero-order valence-corrected chi connectivity index (χ0v) is 11.3. The maximum atomic E-state index is 13.4. The van der Waals surface area contributed by atoms with Gasteiger partial charge in [0.1, 0.15) is 5.82 Å². The van der Waals surface area contributed by atoms with Gasteiger partial charge in [0.2, 0.25) is 0 Å². The molecule has 2 nitrogen and oxygen atoms in total. The van der Waals surface area contributed by atoms with Crippen LogP contribution < -0.4 is 5.32 Å². The molecule has 0 radical (unpaired) electrons. The number of halogens is 1. The Kier molecular flexibility index (Phi) is 4.58. The van der Waals surface area contributed by atoms with Gasteiger partial charge in [0.05, 0.1) is 5.56 Å². The lowest BCUT2D eigenvalue weighted by atomic mass is 10.2. The summed E-state index contributed by atoms with van der Waals surface area (Å²) in [7, 11) is 0. The van der Waals surface area contributed by atoms with E-state index in [1.54, 1.807) is 23.9 Å². The molecule has 0 fully saturated rings. The second-order valence-corrected chi connectivity index (χ2v) is 4.82. The van der Waals surface area contributed by atoms with Crippen LogP contribution in [-0.2, 0) is 6.54 Å². The van der Waals surface area contributed by atoms with E-state index in [1.165, 1.54) is 12.1 Å². The number of carbonyl (C=O) groups excluding carboxylic acids is 1. The van der Waals surface area contributed by atoms with E-state index >= 15 is 0 Å². The van der Waals surface area contributed by atoms with Crippen LogP contribution in [-0.4, -0.2) is 12.2 Å². The molecular formula is C15H14FNOS. The Morgan fingerprint density at radius 3 is 2.58 bits per heavy atom. The van der Waals surface area contributed by atoms with E-state index in [9.17, 15) is 9.18 Å². The van der Waals surface area contributed by atoms with Crippen LogP contribution in [0.3, 0.4) is 0 Å². The fraction of sp³-hybridized carbons (Fsp3) is 0.133. The average Bonchev–Trinajstić information content (AvgIpc) is 2.45. The van der Waals surface area contributed by atoms with Gasteiger partial charge >= 0.3 is 0 Å². The number of hydrogen-bond donors (Lipinski definition) is 1. The molecule has 19 heavy (non-hydrogen) atoms. The van der Waals surface area contributed by atoms with Gasteiger partial charge in [-0.05, 0) is 30.0 Å². The smallest absolute Gasteiger partial charge is 0.254 e. The highest BCUT2D eigenvalue weighted by Gasteiger charge is 2.10. The van der Waals surface area contributed by atoms with Crippen LogP contribution in [0.2, 0.25) is 0 Å². The maximum Gasteiger partial charge on any atom is 0.254 e. The quantitative estimate of drug-likeness (QED) is 0.866. The highest BCUT2D eigenvalue weighted by Crippen LogP contribution is 2.19. The van der Waals surface area contributed by atoms with Crippen molar-refractivity contribution in [2.75, 3.05) is 6.26 Å². The molecule has 2 rings (SSSR count). The van der Waals surface area contributed by atoms with Gasteiger partial charge in [-0.1, -0.05) is 30.3 Å². The van der Waals surface area contributed by atoms with Crippen molar-refractivity contribution < 1.29 is 9.18 Å². The summed E-state index contributed by atoms with van der Waals surface area (Å²) in [5.74, 6) is -0.896. The lowest BCUT2D eigenvalue weighted by molar-refractivity contribution is 0.0946. The van der Waals surface area contributed by atoms with Gasteiger partial charge < -0.3 is 5.32 Å². The third-order valence-electron chi connectivity index (χ3n) is 2.75. The molecule has 0 unspecified atom stereocenters. The third kappa shape index (κ3) is 3.35. The average molecular weight is 275 g/mol. The molecule has 2 aromatic carbocycles. The summed E-state index contributed by atoms with van der Waals surface area (Å²) in [5.41, 5.74) is 1.10. The fourth-order valence-electron chi connectivity index (χ4n) is 1.77. The van der Waals surface area contributed by atoms with Crippen molar-refractivity contribution in [1.82, 2.24) is 5.32 Å². The first kappa shape index (κ1) is 13.6. The van der Waals surface area contributed by atoms with Crippen molar-refractivity contribution in [3.8, 4) is 0 Å². The monoisotopic (exact) mass is 275 g/mol. The summed E-state index contributed by atoms with van der Waals surface area (Å²) in [6, 6.07) is 13.8. The van der Waals surface area contributed by atoms with Crippen LogP contribution >= 0.6 is 11.8 Å². The zero-order valence-electron chi connectivity index (χ0n) is 10.5. The van der Waals surface area contributed by atoms with Gasteiger partial charge in [-0.3, -0.25) is 4.79 Å². The van der Waals surface area contributed by atoms with E-state index in [0.717, 1.165) is 10.5 Å². The molecule has 4 heteroatoms. The van der Waals surface area contributed by atoms with Crippen LogP contribution in [0, 0.1) is 5.82 Å². The number of carbonyl (C=O) groups is 1. The van der Waals surface area contributed by atoms with Crippen molar-refractivity contribution in [2.45, 2.75) is 11.4 Å². The first-order valence-corrected chi connectivity index (χ1v) is 7.09. The molecule has 0 aromatic heterocycles. The number of nitrogens with one attached hydrogen (secondary N) is 1. The summed E-state index contributed by atoms with van der Waals surface area (Å²) >= 11 is 1.62. The Morgan fingerprint density at radius 1 is 1.16 bits per heavy atom. The summed E-state index contributed by atoms with van der Waals surface area (Å²) in [4.78, 5) is 13.0. The molecule has 0 aliphatic carbocycles. The number of thioether (sulfide) groups is 1. The highest BCUT2D eigenvalue weighted by atomic mass is 32.2.